The van der Waals surface area contributed by atoms with Crippen LogP contribution in [-0.2, 0) is 5.75 Å². The Kier molecular flexibility index (Phi) is 3.73. The molecular weight excluding hydrogens is 316 g/mol. The largest absolute Gasteiger partial charge is 0.306 e. The number of nitrogens with one attached hydrogen (secondary N) is 1. The first-order valence-electron chi connectivity index (χ1n) is 5.98. The lowest BCUT2D eigenvalue weighted by Crippen LogP contribution is -1.96. The molecule has 0 aliphatic heterocycles. The summed E-state index contributed by atoms with van der Waals surface area (Å²) in [7, 11) is 0. The van der Waals surface area contributed by atoms with Crippen molar-refractivity contribution in [2.75, 3.05) is 0 Å². The highest BCUT2D eigenvalue weighted by Crippen LogP contribution is 2.25. The number of thiazole rings is 1. The number of aromatic nitrogens is 3. The molecule has 0 fully saturated rings. The van der Waals surface area contributed by atoms with Gasteiger partial charge in [-0.05, 0) is 13.0 Å². The molecular formula is C13H9F2N3OS2. The van der Waals surface area contributed by atoms with Gasteiger partial charge in [-0.3, -0.25) is 9.78 Å². The quantitative estimate of drug-likeness (QED) is 0.593. The zero-order valence-corrected chi connectivity index (χ0v) is 12.4. The molecule has 0 spiro atoms. The monoisotopic (exact) mass is 325 g/mol. The highest BCUT2D eigenvalue weighted by molar-refractivity contribution is 7.98. The first-order valence-corrected chi connectivity index (χ1v) is 7.78. The molecule has 0 saturated carbocycles. The van der Waals surface area contributed by atoms with Crippen molar-refractivity contribution in [1.82, 2.24) is 15.0 Å². The van der Waals surface area contributed by atoms with E-state index in [1.807, 2.05) is 0 Å². The van der Waals surface area contributed by atoms with Crippen LogP contribution in [0.15, 0.2) is 28.2 Å². The summed E-state index contributed by atoms with van der Waals surface area (Å²) in [6.45, 7) is 1.78. The van der Waals surface area contributed by atoms with Crippen LogP contribution in [0.4, 0.5) is 8.78 Å². The number of thioether (sulfide) groups is 1. The van der Waals surface area contributed by atoms with E-state index in [0.717, 1.165) is 17.4 Å². The van der Waals surface area contributed by atoms with Crippen LogP contribution >= 0.6 is 23.1 Å². The zero-order valence-electron chi connectivity index (χ0n) is 10.8. The van der Waals surface area contributed by atoms with E-state index in [4.69, 9.17) is 0 Å². The van der Waals surface area contributed by atoms with Crippen LogP contribution in [-0.4, -0.2) is 15.0 Å². The fourth-order valence-electron chi connectivity index (χ4n) is 1.83. The fourth-order valence-corrected chi connectivity index (χ4v) is 3.41. The number of halogens is 2. The molecule has 0 radical (unpaired) electrons. The molecule has 0 bridgehead atoms. The molecule has 4 nitrogen and oxygen atoms in total. The highest BCUT2D eigenvalue weighted by atomic mass is 32.2. The van der Waals surface area contributed by atoms with Crippen LogP contribution in [0.3, 0.4) is 0 Å². The molecule has 1 N–H and O–H groups in total. The van der Waals surface area contributed by atoms with E-state index in [-0.39, 0.29) is 16.2 Å². The standard InChI is InChI=1S/C13H9F2N3OS2/c1-6-10-11(18-13(19)21-10)17-12(16-6)20-5-7-3-2-4-8(14)9(7)15/h2-4H,5H2,1H3,(H,16,17,18,19). The Balaban J connectivity index is 1.88. The number of nitrogens with zero attached hydrogens (tertiary/aromatic N) is 2. The zero-order chi connectivity index (χ0) is 15.0. The minimum Gasteiger partial charge on any atom is -0.297 e. The van der Waals surface area contributed by atoms with Crippen molar-refractivity contribution in [2.45, 2.75) is 17.8 Å². The first kappa shape index (κ1) is 14.2. The summed E-state index contributed by atoms with van der Waals surface area (Å²) in [4.78, 5) is 22.2. The molecule has 2 aromatic heterocycles. The van der Waals surface area contributed by atoms with Gasteiger partial charge in [-0.15, -0.1) is 0 Å². The molecule has 0 aliphatic rings. The Morgan fingerprint density at radius 3 is 2.95 bits per heavy atom. The van der Waals surface area contributed by atoms with Crippen LogP contribution in [0.1, 0.15) is 11.3 Å². The molecule has 0 aliphatic carbocycles. The number of hydrogen-bond donors (Lipinski definition) is 1. The van der Waals surface area contributed by atoms with Crippen LogP contribution in [0.5, 0.6) is 0 Å². The average Bonchev–Trinajstić information content (AvgIpc) is 2.81. The molecule has 2 heterocycles. The van der Waals surface area contributed by atoms with E-state index in [2.05, 4.69) is 15.0 Å². The summed E-state index contributed by atoms with van der Waals surface area (Å²) in [6, 6.07) is 4.05. The second-order valence-corrected chi connectivity index (χ2v) is 6.21. The van der Waals surface area contributed by atoms with Crippen molar-refractivity contribution in [1.29, 1.82) is 0 Å². The van der Waals surface area contributed by atoms with E-state index in [9.17, 15) is 13.6 Å². The number of aromatic amines is 1. The third-order valence-corrected chi connectivity index (χ3v) is 4.69. The maximum absolute atomic E-state index is 13.6. The number of aryl methyl sites for hydroxylation is 1. The minimum atomic E-state index is -0.872. The Hall–Kier alpha value is -1.80. The van der Waals surface area contributed by atoms with Crippen molar-refractivity contribution < 1.29 is 8.78 Å². The van der Waals surface area contributed by atoms with Crippen molar-refractivity contribution in [3.8, 4) is 0 Å². The van der Waals surface area contributed by atoms with E-state index in [0.29, 0.717) is 21.2 Å². The second-order valence-electron chi connectivity index (χ2n) is 4.29. The molecule has 0 atom stereocenters. The van der Waals surface area contributed by atoms with E-state index >= 15 is 0 Å². The van der Waals surface area contributed by atoms with Gasteiger partial charge in [0.25, 0.3) is 0 Å². The van der Waals surface area contributed by atoms with Crippen LogP contribution in [0, 0.1) is 18.6 Å². The number of fused-ring (bicyclic) bond motifs is 1. The third-order valence-electron chi connectivity index (χ3n) is 2.82. The van der Waals surface area contributed by atoms with Gasteiger partial charge in [0.1, 0.15) is 0 Å². The van der Waals surface area contributed by atoms with Crippen molar-refractivity contribution in [3.63, 3.8) is 0 Å². The SMILES string of the molecule is Cc1nc(SCc2cccc(F)c2F)nc2[nH]c(=O)sc12. The molecule has 8 heteroatoms. The predicted molar refractivity (Wildman–Crippen MR) is 78.7 cm³/mol. The van der Waals surface area contributed by atoms with Gasteiger partial charge in [0.2, 0.25) is 0 Å². The number of rotatable bonds is 3. The molecule has 0 unspecified atom stereocenters. The van der Waals surface area contributed by atoms with Gasteiger partial charge in [-0.2, -0.15) is 0 Å². The topological polar surface area (TPSA) is 58.6 Å². The van der Waals surface area contributed by atoms with Crippen molar-refractivity contribution in [2.24, 2.45) is 0 Å². The predicted octanol–water partition coefficient (Wildman–Crippen LogP) is 3.26. The molecule has 108 valence electrons. The van der Waals surface area contributed by atoms with E-state index in [1.165, 1.54) is 23.9 Å². The summed E-state index contributed by atoms with van der Waals surface area (Å²) in [5.41, 5.74) is 1.41. The summed E-state index contributed by atoms with van der Waals surface area (Å²) in [5.74, 6) is -1.52. The van der Waals surface area contributed by atoms with E-state index < -0.39 is 11.6 Å². The third kappa shape index (κ3) is 2.81. The average molecular weight is 325 g/mol. The molecule has 0 amide bonds. The Morgan fingerprint density at radius 2 is 2.14 bits per heavy atom. The number of H-pyrrole nitrogens is 1. The molecule has 3 aromatic rings. The van der Waals surface area contributed by atoms with Crippen molar-refractivity contribution in [3.05, 3.63) is 50.8 Å². The van der Waals surface area contributed by atoms with Gasteiger partial charge >= 0.3 is 4.87 Å². The lowest BCUT2D eigenvalue weighted by molar-refractivity contribution is 0.502. The van der Waals surface area contributed by atoms with Gasteiger partial charge in [0.15, 0.2) is 22.4 Å². The Morgan fingerprint density at radius 1 is 1.33 bits per heavy atom. The van der Waals surface area contributed by atoms with Gasteiger partial charge in [-0.25, -0.2) is 18.7 Å². The van der Waals surface area contributed by atoms with Crippen LogP contribution in [0.2, 0.25) is 0 Å². The number of benzene rings is 1. The summed E-state index contributed by atoms with van der Waals surface area (Å²) >= 11 is 2.24. The lowest BCUT2D eigenvalue weighted by Gasteiger charge is -2.04. The van der Waals surface area contributed by atoms with Gasteiger partial charge in [0, 0.05) is 11.3 Å². The normalized spacial score (nSPS) is 11.2. The van der Waals surface area contributed by atoms with Crippen molar-refractivity contribution >= 4 is 33.4 Å². The van der Waals surface area contributed by atoms with Crippen LogP contribution in [0.25, 0.3) is 10.3 Å². The Bertz CT molecular complexity index is 875. The first-order chi connectivity index (χ1) is 10.0. The molecule has 3 rings (SSSR count). The maximum atomic E-state index is 13.6. The van der Waals surface area contributed by atoms with Crippen LogP contribution < -0.4 is 4.87 Å². The van der Waals surface area contributed by atoms with Gasteiger partial charge in [0.05, 0.1) is 10.4 Å². The molecule has 1 aromatic carbocycles. The highest BCUT2D eigenvalue weighted by Gasteiger charge is 2.11. The fraction of sp³-hybridized carbons (Fsp3) is 0.154. The van der Waals surface area contributed by atoms with Gasteiger partial charge in [-0.1, -0.05) is 35.2 Å². The lowest BCUT2D eigenvalue weighted by atomic mass is 10.2. The smallest absolute Gasteiger partial charge is 0.297 e. The summed E-state index contributed by atoms with van der Waals surface area (Å²) < 4.78 is 27.4. The molecule has 0 saturated heterocycles. The number of hydrogen-bond acceptors (Lipinski definition) is 5. The minimum absolute atomic E-state index is 0.194. The maximum Gasteiger partial charge on any atom is 0.306 e. The van der Waals surface area contributed by atoms with E-state index in [1.54, 1.807) is 6.92 Å². The molecule has 21 heavy (non-hydrogen) atoms. The summed E-state index contributed by atoms with van der Waals surface area (Å²) in [6.07, 6.45) is 0. The van der Waals surface area contributed by atoms with Gasteiger partial charge < -0.3 is 0 Å². The Labute approximate surface area is 126 Å². The second kappa shape index (κ2) is 5.53. The summed E-state index contributed by atoms with van der Waals surface area (Å²) in [5, 5.41) is 0.415.